The molecule has 27 heavy (non-hydrogen) atoms. The van der Waals surface area contributed by atoms with Gasteiger partial charge in [-0.1, -0.05) is 12.1 Å². The van der Waals surface area contributed by atoms with Crippen molar-refractivity contribution in [1.82, 2.24) is 0 Å². The number of ether oxygens (including phenoxy) is 1. The first-order valence-corrected chi connectivity index (χ1v) is 10.8. The second kappa shape index (κ2) is 7.17. The third-order valence-electron chi connectivity index (χ3n) is 4.29. The van der Waals surface area contributed by atoms with Gasteiger partial charge in [-0.15, -0.1) is 11.3 Å². The van der Waals surface area contributed by atoms with Gasteiger partial charge in [0.2, 0.25) is 0 Å². The number of nitrogens with two attached hydrogens (primary N) is 1. The number of carbonyl (C=O) groups is 1. The minimum Gasteiger partial charge on any atom is -0.497 e. The minimum absolute atomic E-state index is 0.250. The van der Waals surface area contributed by atoms with Gasteiger partial charge < -0.3 is 10.5 Å². The first kappa shape index (κ1) is 19.1. The van der Waals surface area contributed by atoms with Crippen LogP contribution < -0.4 is 10.5 Å². The van der Waals surface area contributed by atoms with Crippen LogP contribution in [0.5, 0.6) is 5.75 Å². The van der Waals surface area contributed by atoms with Gasteiger partial charge in [-0.2, -0.15) is 0 Å². The summed E-state index contributed by atoms with van der Waals surface area (Å²) >= 11 is 1.33. The van der Waals surface area contributed by atoms with E-state index < -0.39 is 15.7 Å². The van der Waals surface area contributed by atoms with Crippen molar-refractivity contribution in [3.05, 3.63) is 59.0 Å². The van der Waals surface area contributed by atoms with Crippen LogP contribution in [0.15, 0.2) is 53.4 Å². The molecule has 1 amide bonds. The standard InChI is InChI=1S/C20H19NO4S2/c1-12-17(13-6-10-16(11-7-13)27(3,23)24)19(26-18(12)20(21)22)14-4-8-15(25-2)9-5-14/h4-11H,1-3H3,(H2,21,22). The van der Waals surface area contributed by atoms with Crippen LogP contribution >= 0.6 is 11.3 Å². The Labute approximate surface area is 162 Å². The van der Waals surface area contributed by atoms with Crippen molar-refractivity contribution in [1.29, 1.82) is 0 Å². The highest BCUT2D eigenvalue weighted by Crippen LogP contribution is 2.43. The van der Waals surface area contributed by atoms with Crippen molar-refractivity contribution in [2.75, 3.05) is 13.4 Å². The minimum atomic E-state index is -3.28. The molecule has 0 bridgehead atoms. The summed E-state index contributed by atoms with van der Waals surface area (Å²) in [6, 6.07) is 14.2. The molecule has 0 unspecified atom stereocenters. The Hall–Kier alpha value is -2.64. The largest absolute Gasteiger partial charge is 0.497 e. The smallest absolute Gasteiger partial charge is 0.259 e. The summed E-state index contributed by atoms with van der Waals surface area (Å²) in [5, 5.41) is 0. The summed E-state index contributed by atoms with van der Waals surface area (Å²) in [7, 11) is -1.67. The number of hydrogen-bond donors (Lipinski definition) is 1. The van der Waals surface area contributed by atoms with Crippen molar-refractivity contribution in [3.63, 3.8) is 0 Å². The molecule has 1 aromatic heterocycles. The maximum absolute atomic E-state index is 11.9. The Morgan fingerprint density at radius 3 is 2.04 bits per heavy atom. The average molecular weight is 402 g/mol. The molecule has 0 radical (unpaired) electrons. The van der Waals surface area contributed by atoms with Crippen LogP contribution in [-0.4, -0.2) is 27.7 Å². The van der Waals surface area contributed by atoms with Crippen LogP contribution in [0.2, 0.25) is 0 Å². The molecule has 0 atom stereocenters. The fourth-order valence-electron chi connectivity index (χ4n) is 2.91. The fraction of sp³-hybridized carbons (Fsp3) is 0.150. The quantitative estimate of drug-likeness (QED) is 0.702. The van der Waals surface area contributed by atoms with Crippen molar-refractivity contribution >= 4 is 27.1 Å². The number of sulfone groups is 1. The number of carbonyl (C=O) groups excluding carboxylic acids is 1. The predicted molar refractivity (Wildman–Crippen MR) is 108 cm³/mol. The van der Waals surface area contributed by atoms with E-state index in [4.69, 9.17) is 10.5 Å². The predicted octanol–water partition coefficient (Wildman–Crippen LogP) is 3.90. The van der Waals surface area contributed by atoms with Crippen molar-refractivity contribution < 1.29 is 17.9 Å². The summed E-state index contributed by atoms with van der Waals surface area (Å²) < 4.78 is 28.6. The second-order valence-corrected chi connectivity index (χ2v) is 9.19. The SMILES string of the molecule is COc1ccc(-c2sc(C(N)=O)c(C)c2-c2ccc(S(C)(=O)=O)cc2)cc1. The van der Waals surface area contributed by atoms with E-state index in [1.807, 2.05) is 31.2 Å². The molecule has 2 aromatic carbocycles. The van der Waals surface area contributed by atoms with Crippen molar-refractivity contribution in [3.8, 4) is 27.3 Å². The molecule has 3 rings (SSSR count). The second-order valence-electron chi connectivity index (χ2n) is 6.15. The number of thiophene rings is 1. The fourth-order valence-corrected chi connectivity index (χ4v) is 4.73. The van der Waals surface area contributed by atoms with E-state index in [-0.39, 0.29) is 4.90 Å². The van der Waals surface area contributed by atoms with Gasteiger partial charge in [0.25, 0.3) is 5.91 Å². The number of methoxy groups -OCH3 is 1. The lowest BCUT2D eigenvalue weighted by Crippen LogP contribution is -2.10. The zero-order valence-electron chi connectivity index (χ0n) is 15.1. The van der Waals surface area contributed by atoms with Gasteiger partial charge in [-0.25, -0.2) is 8.42 Å². The number of benzene rings is 2. The molecule has 0 aliphatic carbocycles. The first-order valence-electron chi connectivity index (χ1n) is 8.10. The number of primary amides is 1. The Kier molecular flexibility index (Phi) is 5.08. The van der Waals surface area contributed by atoms with Gasteiger partial charge >= 0.3 is 0 Å². The maximum Gasteiger partial charge on any atom is 0.259 e. The third-order valence-corrected chi connectivity index (χ3v) is 6.78. The lowest BCUT2D eigenvalue weighted by Gasteiger charge is -2.08. The maximum atomic E-state index is 11.9. The van der Waals surface area contributed by atoms with E-state index in [0.29, 0.717) is 4.88 Å². The monoisotopic (exact) mass is 401 g/mol. The molecule has 1 heterocycles. The van der Waals surface area contributed by atoms with Crippen molar-refractivity contribution in [2.45, 2.75) is 11.8 Å². The Morgan fingerprint density at radius 1 is 1.00 bits per heavy atom. The van der Waals surface area contributed by atoms with Gasteiger partial charge in [0.1, 0.15) is 5.75 Å². The summed E-state index contributed by atoms with van der Waals surface area (Å²) in [5.74, 6) is 0.257. The van der Waals surface area contributed by atoms with E-state index >= 15 is 0 Å². The molecule has 0 aliphatic rings. The van der Waals surface area contributed by atoms with Crippen LogP contribution in [-0.2, 0) is 9.84 Å². The van der Waals surface area contributed by atoms with Gasteiger partial charge in [0.15, 0.2) is 9.84 Å². The highest BCUT2D eigenvalue weighted by Gasteiger charge is 2.21. The molecule has 2 N–H and O–H groups in total. The highest BCUT2D eigenvalue weighted by atomic mass is 32.2. The van der Waals surface area contributed by atoms with Crippen LogP contribution in [0.25, 0.3) is 21.6 Å². The Balaban J connectivity index is 2.20. The zero-order chi connectivity index (χ0) is 19.8. The molecule has 0 fully saturated rings. The average Bonchev–Trinajstić information content (AvgIpc) is 2.98. The van der Waals surface area contributed by atoms with Gasteiger partial charge in [0, 0.05) is 16.7 Å². The molecule has 140 valence electrons. The van der Waals surface area contributed by atoms with Gasteiger partial charge in [-0.05, 0) is 60.0 Å². The lowest BCUT2D eigenvalue weighted by atomic mass is 9.98. The number of hydrogen-bond acceptors (Lipinski definition) is 5. The van der Waals surface area contributed by atoms with E-state index in [0.717, 1.165) is 32.9 Å². The first-order chi connectivity index (χ1) is 12.7. The van der Waals surface area contributed by atoms with E-state index in [9.17, 15) is 13.2 Å². The van der Waals surface area contributed by atoms with Gasteiger partial charge in [-0.3, -0.25) is 4.79 Å². The normalized spacial score (nSPS) is 11.4. The van der Waals surface area contributed by atoms with Crippen LogP contribution in [0.1, 0.15) is 15.2 Å². The third kappa shape index (κ3) is 3.74. The Morgan fingerprint density at radius 2 is 1.56 bits per heavy atom. The Bertz CT molecular complexity index is 1100. The summed E-state index contributed by atoms with van der Waals surface area (Å²) in [4.78, 5) is 13.5. The van der Waals surface area contributed by atoms with Crippen LogP contribution in [0.4, 0.5) is 0 Å². The summed E-state index contributed by atoms with van der Waals surface area (Å²) in [5.41, 5.74) is 8.97. The lowest BCUT2D eigenvalue weighted by molar-refractivity contribution is 0.100. The molecule has 7 heteroatoms. The zero-order valence-corrected chi connectivity index (χ0v) is 16.8. The van der Waals surface area contributed by atoms with Crippen LogP contribution in [0, 0.1) is 6.92 Å². The van der Waals surface area contributed by atoms with E-state index in [2.05, 4.69) is 0 Å². The number of amides is 1. The molecule has 0 spiro atoms. The molecule has 3 aromatic rings. The molecular formula is C20H19NO4S2. The molecular weight excluding hydrogens is 382 g/mol. The topological polar surface area (TPSA) is 86.5 Å². The van der Waals surface area contributed by atoms with Crippen molar-refractivity contribution in [2.24, 2.45) is 5.73 Å². The summed E-state index contributed by atoms with van der Waals surface area (Å²) in [6.07, 6.45) is 1.17. The summed E-state index contributed by atoms with van der Waals surface area (Å²) in [6.45, 7) is 1.85. The van der Waals surface area contributed by atoms with Crippen LogP contribution in [0.3, 0.4) is 0 Å². The molecule has 5 nitrogen and oxygen atoms in total. The molecule has 0 aliphatic heterocycles. The molecule has 0 saturated heterocycles. The number of rotatable bonds is 5. The highest BCUT2D eigenvalue weighted by molar-refractivity contribution is 7.90. The van der Waals surface area contributed by atoms with Gasteiger partial charge in [0.05, 0.1) is 16.9 Å². The van der Waals surface area contributed by atoms with E-state index in [1.54, 1.807) is 31.4 Å². The molecule has 0 saturated carbocycles. The van der Waals surface area contributed by atoms with E-state index in [1.165, 1.54) is 17.6 Å².